The van der Waals surface area contributed by atoms with E-state index >= 15 is 0 Å². The van der Waals surface area contributed by atoms with Crippen LogP contribution in [0.25, 0.3) is 11.4 Å². The van der Waals surface area contributed by atoms with Gasteiger partial charge in [-0.25, -0.2) is 4.39 Å². The van der Waals surface area contributed by atoms with Crippen molar-refractivity contribution in [2.45, 2.75) is 0 Å². The monoisotopic (exact) mass is 287 g/mol. The van der Waals surface area contributed by atoms with E-state index in [2.05, 4.69) is 26.0 Å². The number of rotatable bonds is 1. The van der Waals surface area contributed by atoms with Gasteiger partial charge in [0.2, 0.25) is 4.77 Å². The largest absolute Gasteiger partial charge is 0.279 e. The quantitative estimate of drug-likeness (QED) is 0.818. The average Bonchev–Trinajstić information content (AvgIpc) is 2.51. The van der Waals surface area contributed by atoms with E-state index < -0.39 is 0 Å². The summed E-state index contributed by atoms with van der Waals surface area (Å²) in [6.45, 7) is 0. The number of aryl methyl sites for hydroxylation is 1. The number of halogens is 2. The number of hydrogen-bond donors (Lipinski definition) is 1. The minimum Gasteiger partial charge on any atom is -0.279 e. The number of nitrogens with zero attached hydrogens (tertiary/aromatic N) is 2. The van der Waals surface area contributed by atoms with Crippen LogP contribution >= 0.6 is 28.1 Å². The molecule has 0 fully saturated rings. The molecule has 6 heteroatoms. The molecule has 2 aromatic rings. The Balaban J connectivity index is 2.63. The van der Waals surface area contributed by atoms with E-state index in [1.807, 2.05) is 0 Å². The van der Waals surface area contributed by atoms with Crippen molar-refractivity contribution in [1.29, 1.82) is 0 Å². The second kappa shape index (κ2) is 3.86. The summed E-state index contributed by atoms with van der Waals surface area (Å²) < 4.78 is 15.8. The third-order valence-corrected chi connectivity index (χ3v) is 3.01. The Bertz CT molecular complexity index is 561. The van der Waals surface area contributed by atoms with Gasteiger partial charge in [-0.15, -0.1) is 0 Å². The van der Waals surface area contributed by atoms with E-state index in [0.29, 0.717) is 16.2 Å². The van der Waals surface area contributed by atoms with E-state index in [1.165, 1.54) is 12.1 Å². The van der Waals surface area contributed by atoms with Gasteiger partial charge in [0.25, 0.3) is 0 Å². The SMILES string of the molecule is Cn1[nH]c(-c2cc(F)ccc2Br)nc1=S. The van der Waals surface area contributed by atoms with Gasteiger partial charge < -0.3 is 0 Å². The summed E-state index contributed by atoms with van der Waals surface area (Å²) in [7, 11) is 1.76. The van der Waals surface area contributed by atoms with Gasteiger partial charge in [0.1, 0.15) is 5.82 Å². The van der Waals surface area contributed by atoms with Crippen LogP contribution < -0.4 is 0 Å². The molecule has 0 atom stereocenters. The maximum Gasteiger partial charge on any atom is 0.216 e. The van der Waals surface area contributed by atoms with Crippen molar-refractivity contribution in [1.82, 2.24) is 14.8 Å². The molecular weight excluding hydrogens is 281 g/mol. The number of aromatic nitrogens is 3. The van der Waals surface area contributed by atoms with Crippen LogP contribution in [0.4, 0.5) is 4.39 Å². The molecule has 0 saturated heterocycles. The summed E-state index contributed by atoms with van der Waals surface area (Å²) in [5.41, 5.74) is 0.654. The smallest absolute Gasteiger partial charge is 0.216 e. The standard InChI is InChI=1S/C9H7BrFN3S/c1-14-9(15)12-8(13-14)6-4-5(11)2-3-7(6)10/h2-4H,1H3,(H,12,13,15). The van der Waals surface area contributed by atoms with Crippen molar-refractivity contribution in [3.8, 4) is 11.4 Å². The summed E-state index contributed by atoms with van der Waals surface area (Å²) in [6, 6.07) is 4.42. The number of benzene rings is 1. The molecule has 0 aliphatic carbocycles. The Morgan fingerprint density at radius 1 is 1.53 bits per heavy atom. The molecule has 0 spiro atoms. The maximum absolute atomic E-state index is 13.0. The predicted octanol–water partition coefficient (Wildman–Crippen LogP) is 3.05. The molecule has 0 aliphatic rings. The van der Waals surface area contributed by atoms with Crippen LogP contribution in [0.15, 0.2) is 22.7 Å². The van der Waals surface area contributed by atoms with E-state index in [4.69, 9.17) is 12.2 Å². The molecule has 0 bridgehead atoms. The van der Waals surface area contributed by atoms with Crippen LogP contribution in [0.1, 0.15) is 0 Å². The molecule has 15 heavy (non-hydrogen) atoms. The molecule has 3 nitrogen and oxygen atoms in total. The molecule has 0 amide bonds. The average molecular weight is 288 g/mol. The van der Waals surface area contributed by atoms with Gasteiger partial charge in [-0.3, -0.25) is 9.78 Å². The Labute approximate surface area is 99.1 Å². The lowest BCUT2D eigenvalue weighted by molar-refractivity contribution is 0.628. The molecule has 78 valence electrons. The topological polar surface area (TPSA) is 33.6 Å². The molecule has 0 aliphatic heterocycles. The van der Waals surface area contributed by atoms with Gasteiger partial charge in [-0.1, -0.05) is 15.9 Å². The second-order valence-electron chi connectivity index (χ2n) is 3.04. The highest BCUT2D eigenvalue weighted by Crippen LogP contribution is 2.26. The zero-order chi connectivity index (χ0) is 11.0. The molecule has 1 N–H and O–H groups in total. The van der Waals surface area contributed by atoms with Crippen LogP contribution in [0.3, 0.4) is 0 Å². The van der Waals surface area contributed by atoms with E-state index in [0.717, 1.165) is 4.47 Å². The van der Waals surface area contributed by atoms with Gasteiger partial charge in [0.05, 0.1) is 0 Å². The Kier molecular flexibility index (Phi) is 2.70. The number of H-pyrrole nitrogens is 1. The Morgan fingerprint density at radius 3 is 2.87 bits per heavy atom. The highest BCUT2D eigenvalue weighted by atomic mass is 79.9. The van der Waals surface area contributed by atoms with Crippen molar-refractivity contribution in [3.05, 3.63) is 33.3 Å². The summed E-state index contributed by atoms with van der Waals surface area (Å²) in [5, 5.41) is 2.93. The van der Waals surface area contributed by atoms with Crippen LogP contribution in [-0.4, -0.2) is 14.8 Å². The third kappa shape index (κ3) is 2.00. The summed E-state index contributed by atoms with van der Waals surface area (Å²) >= 11 is 8.29. The lowest BCUT2D eigenvalue weighted by Crippen LogP contribution is -1.90. The second-order valence-corrected chi connectivity index (χ2v) is 4.26. The molecule has 1 aromatic carbocycles. The normalized spacial score (nSPS) is 10.6. The predicted molar refractivity (Wildman–Crippen MR) is 61.5 cm³/mol. The van der Waals surface area contributed by atoms with Crippen molar-refractivity contribution in [2.24, 2.45) is 7.05 Å². The van der Waals surface area contributed by atoms with Crippen molar-refractivity contribution >= 4 is 28.1 Å². The fourth-order valence-corrected chi connectivity index (χ4v) is 1.77. The molecule has 1 aromatic heterocycles. The highest BCUT2D eigenvalue weighted by molar-refractivity contribution is 9.10. The number of nitrogens with one attached hydrogen (secondary N) is 1. The number of aromatic amines is 1. The van der Waals surface area contributed by atoms with Crippen LogP contribution in [0.2, 0.25) is 0 Å². The first-order valence-electron chi connectivity index (χ1n) is 4.16. The van der Waals surface area contributed by atoms with Gasteiger partial charge in [0.15, 0.2) is 5.82 Å². The fraction of sp³-hybridized carbons (Fsp3) is 0.111. The molecule has 0 saturated carbocycles. The van der Waals surface area contributed by atoms with Gasteiger partial charge in [-0.05, 0) is 30.4 Å². The van der Waals surface area contributed by atoms with Crippen LogP contribution in [0, 0.1) is 10.6 Å². The third-order valence-electron chi connectivity index (χ3n) is 1.95. The maximum atomic E-state index is 13.0. The van der Waals surface area contributed by atoms with Gasteiger partial charge in [-0.2, -0.15) is 4.98 Å². The molecule has 1 heterocycles. The minimum absolute atomic E-state index is 0.307. The lowest BCUT2D eigenvalue weighted by Gasteiger charge is -2.00. The van der Waals surface area contributed by atoms with Crippen molar-refractivity contribution in [3.63, 3.8) is 0 Å². The summed E-state index contributed by atoms with van der Waals surface area (Å²) in [5.74, 6) is 0.243. The van der Waals surface area contributed by atoms with Gasteiger partial charge >= 0.3 is 0 Å². The molecule has 0 radical (unpaired) electrons. The van der Waals surface area contributed by atoms with E-state index in [1.54, 1.807) is 17.8 Å². The molecular formula is C9H7BrFN3S. The van der Waals surface area contributed by atoms with E-state index in [9.17, 15) is 4.39 Å². The Hall–Kier alpha value is -1.01. The number of hydrogen-bond acceptors (Lipinski definition) is 2. The molecule has 2 rings (SSSR count). The zero-order valence-electron chi connectivity index (χ0n) is 7.79. The summed E-state index contributed by atoms with van der Waals surface area (Å²) in [4.78, 5) is 4.11. The first-order valence-corrected chi connectivity index (χ1v) is 5.36. The zero-order valence-corrected chi connectivity index (χ0v) is 10.2. The Morgan fingerprint density at radius 2 is 2.27 bits per heavy atom. The summed E-state index contributed by atoms with van der Waals surface area (Å²) in [6.07, 6.45) is 0. The lowest BCUT2D eigenvalue weighted by atomic mass is 10.2. The van der Waals surface area contributed by atoms with Gasteiger partial charge in [0, 0.05) is 17.1 Å². The first kappa shape index (κ1) is 10.5. The van der Waals surface area contributed by atoms with Crippen LogP contribution in [-0.2, 0) is 7.05 Å². The fourth-order valence-electron chi connectivity index (χ4n) is 1.20. The first-order chi connectivity index (χ1) is 7.08. The highest BCUT2D eigenvalue weighted by Gasteiger charge is 2.08. The van der Waals surface area contributed by atoms with Crippen molar-refractivity contribution < 1.29 is 4.39 Å². The van der Waals surface area contributed by atoms with Crippen LogP contribution in [0.5, 0.6) is 0 Å². The minimum atomic E-state index is -0.307. The molecule has 0 unspecified atom stereocenters. The van der Waals surface area contributed by atoms with Crippen molar-refractivity contribution in [2.75, 3.05) is 0 Å². The van der Waals surface area contributed by atoms with E-state index in [-0.39, 0.29) is 5.82 Å².